The molecule has 1 aliphatic rings. The van der Waals surface area contributed by atoms with Crippen LogP contribution in [0, 0.1) is 0 Å². The Morgan fingerprint density at radius 2 is 1.19 bits per heavy atom. The SMILES string of the molecule is CC1=C(C)C(=N/C(=N/S(=O)(=O)c2ccc(Br)cc2)c2ccc(Br)cc2)C(C)=C(C)C1=O. The molecule has 2 aromatic rings. The summed E-state index contributed by atoms with van der Waals surface area (Å²) in [5.74, 6) is 0.0256. The lowest BCUT2D eigenvalue weighted by Gasteiger charge is -2.19. The minimum Gasteiger partial charge on any atom is -0.289 e. The number of benzene rings is 2. The highest BCUT2D eigenvalue weighted by atomic mass is 79.9. The summed E-state index contributed by atoms with van der Waals surface area (Å²) >= 11 is 6.70. The number of hydrogen-bond donors (Lipinski definition) is 0. The van der Waals surface area contributed by atoms with E-state index in [1.54, 1.807) is 50.2 Å². The molecule has 0 heterocycles. The molecule has 0 bridgehead atoms. The van der Waals surface area contributed by atoms with Crippen LogP contribution in [0.2, 0.25) is 0 Å². The van der Waals surface area contributed by atoms with Crippen molar-refractivity contribution in [2.75, 3.05) is 0 Å². The van der Waals surface area contributed by atoms with E-state index in [2.05, 4.69) is 41.3 Å². The van der Waals surface area contributed by atoms with Crippen LogP contribution in [0.25, 0.3) is 0 Å². The molecule has 31 heavy (non-hydrogen) atoms. The highest BCUT2D eigenvalue weighted by Gasteiger charge is 2.25. The van der Waals surface area contributed by atoms with Crippen LogP contribution in [0.3, 0.4) is 0 Å². The summed E-state index contributed by atoms with van der Waals surface area (Å²) in [6.07, 6.45) is 0. The minimum atomic E-state index is -4.01. The highest BCUT2D eigenvalue weighted by molar-refractivity contribution is 9.10. The first-order valence-corrected chi connectivity index (χ1v) is 12.4. The average Bonchev–Trinajstić information content (AvgIpc) is 2.74. The van der Waals surface area contributed by atoms with Crippen molar-refractivity contribution in [2.45, 2.75) is 32.6 Å². The van der Waals surface area contributed by atoms with Gasteiger partial charge in [-0.2, -0.15) is 8.42 Å². The van der Waals surface area contributed by atoms with E-state index in [1.807, 2.05) is 13.8 Å². The van der Waals surface area contributed by atoms with Crippen LogP contribution in [0.1, 0.15) is 33.3 Å². The third kappa shape index (κ3) is 5.02. The first-order valence-electron chi connectivity index (χ1n) is 9.37. The normalized spacial score (nSPS) is 15.6. The summed E-state index contributed by atoms with van der Waals surface area (Å²) in [5.41, 5.74) is 3.70. The maximum atomic E-state index is 13.0. The quantitative estimate of drug-likeness (QED) is 0.259. The van der Waals surface area contributed by atoms with Gasteiger partial charge in [0.2, 0.25) is 0 Å². The zero-order valence-electron chi connectivity index (χ0n) is 17.4. The van der Waals surface area contributed by atoms with Crippen LogP contribution in [-0.4, -0.2) is 25.7 Å². The Morgan fingerprint density at radius 3 is 1.68 bits per heavy atom. The second-order valence-corrected chi connectivity index (χ2v) is 10.6. The number of Topliss-reactive ketones (excluding diaryl/α,β-unsaturated/α-hetero) is 1. The first kappa shape index (κ1) is 23.5. The molecule has 0 spiro atoms. The summed E-state index contributed by atoms with van der Waals surface area (Å²) in [4.78, 5) is 17.1. The van der Waals surface area contributed by atoms with Crippen molar-refractivity contribution in [3.05, 3.63) is 85.3 Å². The van der Waals surface area contributed by atoms with Crippen LogP contribution in [0.15, 0.2) is 94.1 Å². The molecule has 0 aromatic heterocycles. The second-order valence-electron chi connectivity index (χ2n) is 7.14. The molecule has 0 saturated heterocycles. The second kappa shape index (κ2) is 9.14. The zero-order chi connectivity index (χ0) is 22.9. The van der Waals surface area contributed by atoms with Gasteiger partial charge >= 0.3 is 0 Å². The third-order valence-corrected chi connectivity index (χ3v) is 7.49. The molecule has 8 heteroatoms. The fourth-order valence-corrected chi connectivity index (χ4v) is 4.53. The van der Waals surface area contributed by atoms with E-state index in [-0.39, 0.29) is 16.5 Å². The Hall–Kier alpha value is -2.16. The van der Waals surface area contributed by atoms with Crippen LogP contribution < -0.4 is 0 Å². The van der Waals surface area contributed by atoms with Crippen molar-refractivity contribution in [2.24, 2.45) is 9.39 Å². The minimum absolute atomic E-state index is 0.0291. The number of aliphatic imine (C=N–C) groups is 1. The monoisotopic (exact) mass is 562 g/mol. The van der Waals surface area contributed by atoms with Gasteiger partial charge in [0, 0.05) is 25.7 Å². The van der Waals surface area contributed by atoms with E-state index in [4.69, 9.17) is 0 Å². The van der Waals surface area contributed by atoms with Crippen molar-refractivity contribution in [3.63, 3.8) is 0 Å². The summed E-state index contributed by atoms with van der Waals surface area (Å²) in [6.45, 7) is 7.12. The fourth-order valence-electron chi connectivity index (χ4n) is 3.04. The standard InChI is InChI=1S/C23H20Br2N2O3S/c1-13-15(3)22(28)16(4)14(2)21(13)26-23(17-5-7-18(24)8-6-17)27-31(29,30)20-11-9-19(25)10-12-20/h5-12H,1-4H3/b27-23+. The summed E-state index contributed by atoms with van der Waals surface area (Å²) in [6, 6.07) is 13.3. The molecule has 0 radical (unpaired) electrons. The molecule has 0 N–H and O–H groups in total. The topological polar surface area (TPSA) is 75.9 Å². The van der Waals surface area contributed by atoms with E-state index in [0.29, 0.717) is 33.6 Å². The maximum absolute atomic E-state index is 13.0. The van der Waals surface area contributed by atoms with Crippen LogP contribution in [-0.2, 0) is 14.8 Å². The zero-order valence-corrected chi connectivity index (χ0v) is 21.4. The Labute approximate surface area is 199 Å². The molecule has 2 aromatic carbocycles. The van der Waals surface area contributed by atoms with Gasteiger partial charge in [-0.15, -0.1) is 4.40 Å². The lowest BCUT2D eigenvalue weighted by atomic mass is 9.86. The lowest BCUT2D eigenvalue weighted by Crippen LogP contribution is -2.21. The number of amidine groups is 1. The van der Waals surface area contributed by atoms with Gasteiger partial charge < -0.3 is 0 Å². The van der Waals surface area contributed by atoms with Crippen molar-refractivity contribution in [1.29, 1.82) is 0 Å². The van der Waals surface area contributed by atoms with E-state index < -0.39 is 10.0 Å². The van der Waals surface area contributed by atoms with Crippen LogP contribution in [0.5, 0.6) is 0 Å². The largest absolute Gasteiger partial charge is 0.289 e. The van der Waals surface area contributed by atoms with E-state index >= 15 is 0 Å². The summed E-state index contributed by atoms with van der Waals surface area (Å²) in [7, 11) is -4.01. The third-order valence-electron chi connectivity index (χ3n) is 5.15. The summed E-state index contributed by atoms with van der Waals surface area (Å²) < 4.78 is 31.7. The summed E-state index contributed by atoms with van der Waals surface area (Å²) in [5, 5.41) is 0. The molecular formula is C23H20Br2N2O3S. The number of carbonyl (C=O) groups is 1. The molecule has 0 atom stereocenters. The number of hydrogen-bond acceptors (Lipinski definition) is 3. The Kier molecular flexibility index (Phi) is 6.93. The van der Waals surface area contributed by atoms with Crippen LogP contribution >= 0.6 is 31.9 Å². The number of rotatable bonds is 3. The highest BCUT2D eigenvalue weighted by Crippen LogP contribution is 2.26. The Balaban J connectivity index is 2.24. The number of sulfonamides is 1. The fraction of sp³-hybridized carbons (Fsp3) is 0.174. The molecule has 0 saturated carbocycles. The van der Waals surface area contributed by atoms with E-state index in [9.17, 15) is 13.2 Å². The number of halogens is 2. The number of carbonyl (C=O) groups excluding carboxylic acids is 1. The molecule has 0 aliphatic heterocycles. The smallest absolute Gasteiger partial charge is 0.284 e. The van der Waals surface area contributed by atoms with Gasteiger partial charge in [-0.1, -0.05) is 44.0 Å². The maximum Gasteiger partial charge on any atom is 0.284 e. The van der Waals surface area contributed by atoms with Gasteiger partial charge in [0.05, 0.1) is 10.6 Å². The predicted octanol–water partition coefficient (Wildman–Crippen LogP) is 6.04. The molecule has 0 unspecified atom stereocenters. The van der Waals surface area contributed by atoms with Crippen molar-refractivity contribution in [3.8, 4) is 0 Å². The number of ketones is 1. The van der Waals surface area contributed by atoms with E-state index in [1.165, 1.54) is 12.1 Å². The molecule has 1 aliphatic carbocycles. The molecule has 3 rings (SSSR count). The predicted molar refractivity (Wildman–Crippen MR) is 131 cm³/mol. The van der Waals surface area contributed by atoms with Gasteiger partial charge in [-0.05, 0) is 75.2 Å². The Bertz CT molecular complexity index is 1260. The number of allylic oxidation sites excluding steroid dienone is 4. The van der Waals surface area contributed by atoms with Crippen LogP contribution in [0.4, 0.5) is 0 Å². The van der Waals surface area contributed by atoms with Gasteiger partial charge in [-0.25, -0.2) is 4.99 Å². The first-order chi connectivity index (χ1) is 14.5. The van der Waals surface area contributed by atoms with E-state index in [0.717, 1.165) is 8.95 Å². The van der Waals surface area contributed by atoms with Crippen molar-refractivity contribution in [1.82, 2.24) is 0 Å². The van der Waals surface area contributed by atoms with Gasteiger partial charge in [0.25, 0.3) is 10.0 Å². The lowest BCUT2D eigenvalue weighted by molar-refractivity contribution is -0.112. The van der Waals surface area contributed by atoms with Gasteiger partial charge in [-0.3, -0.25) is 4.79 Å². The molecule has 5 nitrogen and oxygen atoms in total. The number of nitrogens with zero attached hydrogens (tertiary/aromatic N) is 2. The Morgan fingerprint density at radius 1 is 0.742 bits per heavy atom. The van der Waals surface area contributed by atoms with Crippen molar-refractivity contribution >= 4 is 59.2 Å². The molecule has 0 amide bonds. The molecule has 160 valence electrons. The van der Waals surface area contributed by atoms with Gasteiger partial charge in [0.15, 0.2) is 11.6 Å². The van der Waals surface area contributed by atoms with Crippen molar-refractivity contribution < 1.29 is 13.2 Å². The molecule has 0 fully saturated rings. The average molecular weight is 564 g/mol. The molecular weight excluding hydrogens is 544 g/mol. The van der Waals surface area contributed by atoms with Gasteiger partial charge in [0.1, 0.15) is 0 Å².